The monoisotopic (exact) mass is 208 g/mol. The van der Waals surface area contributed by atoms with Gasteiger partial charge in [0.1, 0.15) is 10.7 Å². The highest BCUT2D eigenvalue weighted by molar-refractivity contribution is 8.04. The molecule has 0 spiro atoms. The first-order chi connectivity index (χ1) is 5.79. The molecule has 12 heavy (non-hydrogen) atoms. The molecule has 0 atom stereocenters. The molecule has 3 nitrogen and oxygen atoms in total. The molecule has 0 saturated carbocycles. The Labute approximate surface area is 80.0 Å². The second kappa shape index (κ2) is 4.62. The van der Waals surface area contributed by atoms with Gasteiger partial charge < -0.3 is 9.47 Å². The molecule has 0 fully saturated rings. The van der Waals surface area contributed by atoms with E-state index in [9.17, 15) is 4.79 Å². The summed E-state index contributed by atoms with van der Waals surface area (Å²) in [6.45, 7) is 0.604. The van der Waals surface area contributed by atoms with Crippen molar-refractivity contribution >= 4 is 29.3 Å². The highest BCUT2D eigenvalue weighted by atomic mass is 35.5. The zero-order valence-corrected chi connectivity index (χ0v) is 8.20. The molecule has 0 aliphatic carbocycles. The average molecular weight is 209 g/mol. The standard InChI is InChI=1S/C7H9ClO3S/c1-10-7(9)6-5(4-8)11-2-3-12-6/h2-4H2,1H3. The van der Waals surface area contributed by atoms with Gasteiger partial charge in [-0.25, -0.2) is 4.79 Å². The molecule has 0 N–H and O–H groups in total. The van der Waals surface area contributed by atoms with Crippen molar-refractivity contribution in [2.75, 3.05) is 25.3 Å². The van der Waals surface area contributed by atoms with Gasteiger partial charge in [0.15, 0.2) is 0 Å². The fourth-order valence-electron chi connectivity index (χ4n) is 0.819. The quantitative estimate of drug-likeness (QED) is 0.507. The molecule has 1 rings (SSSR count). The Bertz CT molecular complexity index is 215. The van der Waals surface area contributed by atoms with E-state index >= 15 is 0 Å². The summed E-state index contributed by atoms with van der Waals surface area (Å²) in [5, 5.41) is 0. The van der Waals surface area contributed by atoms with Crippen LogP contribution in [-0.4, -0.2) is 31.3 Å². The maximum atomic E-state index is 11.1. The minimum absolute atomic E-state index is 0.220. The lowest BCUT2D eigenvalue weighted by Gasteiger charge is -2.17. The Morgan fingerprint density at radius 2 is 2.58 bits per heavy atom. The molecule has 0 unspecified atom stereocenters. The number of methoxy groups -OCH3 is 1. The van der Waals surface area contributed by atoms with Gasteiger partial charge in [0.25, 0.3) is 0 Å². The van der Waals surface area contributed by atoms with Crippen LogP contribution in [0.25, 0.3) is 0 Å². The first kappa shape index (κ1) is 9.74. The van der Waals surface area contributed by atoms with Gasteiger partial charge in [-0.1, -0.05) is 0 Å². The third-order valence-corrected chi connectivity index (χ3v) is 2.65. The summed E-state index contributed by atoms with van der Waals surface area (Å²) >= 11 is 7.00. The SMILES string of the molecule is COC(=O)C1=C(CCl)OCCS1. The van der Waals surface area contributed by atoms with Crippen LogP contribution in [0.2, 0.25) is 0 Å². The fourth-order valence-corrected chi connectivity index (χ4v) is 1.97. The number of allylic oxidation sites excluding steroid dienone is 1. The highest BCUT2D eigenvalue weighted by Gasteiger charge is 2.20. The van der Waals surface area contributed by atoms with Crippen LogP contribution < -0.4 is 0 Å². The van der Waals surface area contributed by atoms with Crippen LogP contribution in [0.4, 0.5) is 0 Å². The predicted octanol–water partition coefficient (Wildman–Crippen LogP) is 1.37. The molecular weight excluding hydrogens is 200 g/mol. The zero-order chi connectivity index (χ0) is 8.97. The molecular formula is C7H9ClO3S. The van der Waals surface area contributed by atoms with Gasteiger partial charge in [0, 0.05) is 5.75 Å². The van der Waals surface area contributed by atoms with Crippen molar-refractivity contribution in [1.29, 1.82) is 0 Å². The van der Waals surface area contributed by atoms with Gasteiger partial charge in [-0.15, -0.1) is 23.4 Å². The lowest BCUT2D eigenvalue weighted by Crippen LogP contribution is -2.14. The summed E-state index contributed by atoms with van der Waals surface area (Å²) in [4.78, 5) is 11.6. The molecule has 0 radical (unpaired) electrons. The molecule has 0 saturated heterocycles. The number of thioether (sulfide) groups is 1. The Morgan fingerprint density at radius 3 is 3.17 bits per heavy atom. The number of hydrogen-bond donors (Lipinski definition) is 0. The van der Waals surface area contributed by atoms with Crippen molar-refractivity contribution in [3.05, 3.63) is 10.7 Å². The molecule has 1 aliphatic rings. The van der Waals surface area contributed by atoms with Crippen molar-refractivity contribution in [2.24, 2.45) is 0 Å². The first-order valence-electron chi connectivity index (χ1n) is 3.42. The first-order valence-corrected chi connectivity index (χ1v) is 4.94. The van der Waals surface area contributed by atoms with E-state index in [4.69, 9.17) is 16.3 Å². The minimum atomic E-state index is -0.365. The van der Waals surface area contributed by atoms with Crippen LogP contribution in [0.1, 0.15) is 0 Å². The Morgan fingerprint density at radius 1 is 1.83 bits per heavy atom. The summed E-state index contributed by atoms with van der Waals surface area (Å²) in [5.41, 5.74) is 0. The maximum Gasteiger partial charge on any atom is 0.347 e. The number of hydrogen-bond acceptors (Lipinski definition) is 4. The lowest BCUT2D eigenvalue weighted by atomic mass is 10.4. The van der Waals surface area contributed by atoms with Crippen molar-refractivity contribution in [3.8, 4) is 0 Å². The summed E-state index contributed by atoms with van der Waals surface area (Å²) in [5.74, 6) is 1.15. The van der Waals surface area contributed by atoms with E-state index < -0.39 is 0 Å². The van der Waals surface area contributed by atoms with Gasteiger partial charge in [-0.3, -0.25) is 0 Å². The van der Waals surface area contributed by atoms with Gasteiger partial charge in [-0.2, -0.15) is 0 Å². The van der Waals surface area contributed by atoms with Crippen molar-refractivity contribution < 1.29 is 14.3 Å². The Kier molecular flexibility index (Phi) is 3.75. The summed E-state index contributed by atoms with van der Waals surface area (Å²) in [7, 11) is 1.34. The molecule has 0 bridgehead atoms. The Balaban J connectivity index is 2.79. The molecule has 0 amide bonds. The van der Waals surface area contributed by atoms with E-state index in [0.29, 0.717) is 17.3 Å². The summed E-state index contributed by atoms with van der Waals surface area (Å²) < 4.78 is 9.75. The third-order valence-electron chi connectivity index (χ3n) is 1.35. The van der Waals surface area contributed by atoms with Crippen LogP contribution in [0.5, 0.6) is 0 Å². The van der Waals surface area contributed by atoms with Gasteiger partial charge in [0.05, 0.1) is 19.6 Å². The number of alkyl halides is 1. The van der Waals surface area contributed by atoms with E-state index in [1.54, 1.807) is 0 Å². The number of halogens is 1. The molecule has 0 aromatic carbocycles. The average Bonchev–Trinajstić information content (AvgIpc) is 2.16. The van der Waals surface area contributed by atoms with Gasteiger partial charge >= 0.3 is 5.97 Å². The zero-order valence-electron chi connectivity index (χ0n) is 6.63. The molecule has 1 aliphatic heterocycles. The van der Waals surface area contributed by atoms with Crippen molar-refractivity contribution in [3.63, 3.8) is 0 Å². The molecule has 0 aromatic heterocycles. The second-order valence-corrected chi connectivity index (χ2v) is 3.45. The molecule has 0 aromatic rings. The fraction of sp³-hybridized carbons (Fsp3) is 0.571. The van der Waals surface area contributed by atoms with Crippen LogP contribution in [0.15, 0.2) is 10.7 Å². The molecule has 1 heterocycles. The van der Waals surface area contributed by atoms with Crippen LogP contribution in [0, 0.1) is 0 Å². The number of carbonyl (C=O) groups excluding carboxylic acids is 1. The summed E-state index contributed by atoms with van der Waals surface area (Å²) in [6.07, 6.45) is 0. The maximum absolute atomic E-state index is 11.1. The third kappa shape index (κ3) is 2.08. The normalized spacial score (nSPS) is 17.2. The van der Waals surface area contributed by atoms with Gasteiger partial charge in [-0.05, 0) is 0 Å². The van der Waals surface area contributed by atoms with Crippen LogP contribution in [0.3, 0.4) is 0 Å². The van der Waals surface area contributed by atoms with E-state index in [1.807, 2.05) is 0 Å². The number of rotatable bonds is 2. The van der Waals surface area contributed by atoms with E-state index in [2.05, 4.69) is 4.74 Å². The van der Waals surface area contributed by atoms with Crippen molar-refractivity contribution in [2.45, 2.75) is 0 Å². The van der Waals surface area contributed by atoms with Crippen LogP contribution >= 0.6 is 23.4 Å². The largest absolute Gasteiger partial charge is 0.494 e. The Hall–Kier alpha value is -0.350. The number of carbonyl (C=O) groups is 1. The lowest BCUT2D eigenvalue weighted by molar-refractivity contribution is -0.135. The predicted molar refractivity (Wildman–Crippen MR) is 48.2 cm³/mol. The highest BCUT2D eigenvalue weighted by Crippen LogP contribution is 2.27. The molecule has 68 valence electrons. The van der Waals surface area contributed by atoms with E-state index in [-0.39, 0.29) is 11.8 Å². The van der Waals surface area contributed by atoms with Crippen LogP contribution in [-0.2, 0) is 14.3 Å². The van der Waals surface area contributed by atoms with Gasteiger partial charge in [0.2, 0.25) is 0 Å². The number of ether oxygens (including phenoxy) is 2. The smallest absolute Gasteiger partial charge is 0.347 e. The molecule has 5 heteroatoms. The summed E-state index contributed by atoms with van der Waals surface area (Å²) in [6, 6.07) is 0. The van der Waals surface area contributed by atoms with E-state index in [0.717, 1.165) is 5.75 Å². The van der Waals surface area contributed by atoms with Crippen molar-refractivity contribution in [1.82, 2.24) is 0 Å². The van der Waals surface area contributed by atoms with E-state index in [1.165, 1.54) is 18.9 Å². The second-order valence-electron chi connectivity index (χ2n) is 2.07. The minimum Gasteiger partial charge on any atom is -0.494 e. The topological polar surface area (TPSA) is 35.5 Å². The number of esters is 1.